The predicted octanol–water partition coefficient (Wildman–Crippen LogP) is -1.60. The summed E-state index contributed by atoms with van der Waals surface area (Å²) >= 11 is 0. The van der Waals surface area contributed by atoms with Crippen LogP contribution in [0.15, 0.2) is 43.0 Å². The van der Waals surface area contributed by atoms with Gasteiger partial charge >= 0.3 is 11.9 Å². The number of nitrogens with zero attached hydrogens (tertiary/aromatic N) is 1. The molecule has 0 radical (unpaired) electrons. The average Bonchev–Trinajstić information content (AvgIpc) is 3.59. The van der Waals surface area contributed by atoms with Gasteiger partial charge in [-0.15, -0.1) is 0 Å². The van der Waals surface area contributed by atoms with E-state index in [9.17, 15) is 34.2 Å². The number of aromatic nitrogens is 3. The number of carbonyl (C=O) groups excluding carboxylic acids is 3. The molecule has 0 unspecified atom stereocenters. The molecule has 4 atom stereocenters. The van der Waals surface area contributed by atoms with Crippen LogP contribution in [0, 0.1) is 0 Å². The van der Waals surface area contributed by atoms with Crippen molar-refractivity contribution >= 4 is 40.6 Å². The minimum Gasteiger partial charge on any atom is -0.481 e. The zero-order valence-electron chi connectivity index (χ0n) is 21.3. The number of amides is 3. The highest BCUT2D eigenvalue weighted by Crippen LogP contribution is 2.19. The molecule has 0 spiro atoms. The number of hydrogen-bond acceptors (Lipinski definition) is 8. The topological polar surface area (TPSA) is 253 Å². The standard InChI is InChI=1S/C25H31N7O8/c26-16(5-6-21(34)35)22(36)30-19(8-14-10-27-12-29-14)24(38)31-18(23(37)32-20(11-33)25(39)40)7-13-9-28-17-4-2-1-3-15(13)17/h1-4,9-10,12,16,18-20,28,33H,5-8,11,26H2,(H,27,29)(H,30,36)(H,31,38)(H,32,37)(H,34,35)(H,39,40)/t16-,18-,19-,20-/m0/s1. The van der Waals surface area contributed by atoms with Crippen LogP contribution in [0.25, 0.3) is 10.9 Å². The second-order valence-corrected chi connectivity index (χ2v) is 9.09. The van der Waals surface area contributed by atoms with Crippen molar-refractivity contribution < 1.29 is 39.3 Å². The predicted molar refractivity (Wildman–Crippen MR) is 140 cm³/mol. The third-order valence-corrected chi connectivity index (χ3v) is 6.15. The molecule has 0 saturated heterocycles. The quantitative estimate of drug-likeness (QED) is 0.103. The second-order valence-electron chi connectivity index (χ2n) is 9.09. The molecule has 0 aliphatic rings. The number of imidazole rings is 1. The number of fused-ring (bicyclic) bond motifs is 1. The molecule has 0 fully saturated rings. The van der Waals surface area contributed by atoms with E-state index < -0.39 is 60.4 Å². The van der Waals surface area contributed by atoms with Gasteiger partial charge in [0.25, 0.3) is 0 Å². The highest BCUT2D eigenvalue weighted by Gasteiger charge is 2.31. The number of carboxylic acid groups (broad SMARTS) is 2. The zero-order valence-corrected chi connectivity index (χ0v) is 21.3. The number of nitrogens with two attached hydrogens (primary N) is 1. The van der Waals surface area contributed by atoms with Crippen molar-refractivity contribution in [2.45, 2.75) is 49.9 Å². The molecule has 214 valence electrons. The molecular formula is C25H31N7O8. The summed E-state index contributed by atoms with van der Waals surface area (Å²) in [6.45, 7) is -0.873. The van der Waals surface area contributed by atoms with Crippen LogP contribution in [-0.4, -0.2) is 90.7 Å². The molecule has 15 heteroatoms. The number of hydrogen-bond donors (Lipinski definition) is 9. The van der Waals surface area contributed by atoms with E-state index in [1.807, 2.05) is 18.2 Å². The molecule has 0 saturated carbocycles. The summed E-state index contributed by atoms with van der Waals surface area (Å²) in [6.07, 6.45) is 3.83. The third kappa shape index (κ3) is 8.12. The van der Waals surface area contributed by atoms with Crippen molar-refractivity contribution in [3.63, 3.8) is 0 Å². The summed E-state index contributed by atoms with van der Waals surface area (Å²) in [5.41, 5.74) is 7.71. The Morgan fingerprint density at radius 3 is 2.17 bits per heavy atom. The van der Waals surface area contributed by atoms with Crippen molar-refractivity contribution in [2.24, 2.45) is 5.73 Å². The Morgan fingerprint density at radius 2 is 1.55 bits per heavy atom. The molecule has 3 aromatic rings. The van der Waals surface area contributed by atoms with E-state index >= 15 is 0 Å². The fourth-order valence-corrected chi connectivity index (χ4v) is 3.97. The van der Waals surface area contributed by atoms with Gasteiger partial charge in [-0.1, -0.05) is 18.2 Å². The summed E-state index contributed by atoms with van der Waals surface area (Å²) in [4.78, 5) is 71.3. The number of aliphatic carboxylic acids is 2. The first-order chi connectivity index (χ1) is 19.1. The number of carboxylic acids is 2. The molecule has 0 bridgehead atoms. The van der Waals surface area contributed by atoms with E-state index in [-0.39, 0.29) is 25.7 Å². The number of benzene rings is 1. The molecule has 0 aliphatic heterocycles. The number of carbonyl (C=O) groups is 5. The highest BCUT2D eigenvalue weighted by atomic mass is 16.4. The molecule has 15 nitrogen and oxygen atoms in total. The third-order valence-electron chi connectivity index (χ3n) is 6.15. The first-order valence-corrected chi connectivity index (χ1v) is 12.3. The summed E-state index contributed by atoms with van der Waals surface area (Å²) in [5.74, 6) is -5.03. The van der Waals surface area contributed by atoms with Crippen LogP contribution >= 0.6 is 0 Å². The van der Waals surface area contributed by atoms with E-state index in [0.29, 0.717) is 11.3 Å². The smallest absolute Gasteiger partial charge is 0.328 e. The molecule has 2 aromatic heterocycles. The van der Waals surface area contributed by atoms with E-state index in [1.54, 1.807) is 12.3 Å². The minimum absolute atomic E-state index is 0.0534. The monoisotopic (exact) mass is 557 g/mol. The van der Waals surface area contributed by atoms with Crippen molar-refractivity contribution in [1.29, 1.82) is 0 Å². The number of H-pyrrole nitrogens is 2. The van der Waals surface area contributed by atoms with Crippen LogP contribution in [0.4, 0.5) is 0 Å². The lowest BCUT2D eigenvalue weighted by molar-refractivity contribution is -0.143. The molecular weight excluding hydrogens is 526 g/mol. The van der Waals surface area contributed by atoms with Crippen molar-refractivity contribution in [1.82, 2.24) is 30.9 Å². The summed E-state index contributed by atoms with van der Waals surface area (Å²) < 4.78 is 0. The minimum atomic E-state index is -1.61. The second kappa shape index (κ2) is 13.9. The van der Waals surface area contributed by atoms with Crippen LogP contribution in [0.3, 0.4) is 0 Å². The lowest BCUT2D eigenvalue weighted by atomic mass is 10.0. The fourth-order valence-electron chi connectivity index (χ4n) is 3.97. The lowest BCUT2D eigenvalue weighted by Crippen LogP contribution is -2.58. The molecule has 2 heterocycles. The van der Waals surface area contributed by atoms with E-state index in [1.165, 1.54) is 12.5 Å². The number of rotatable bonds is 15. The number of para-hydroxylation sites is 1. The van der Waals surface area contributed by atoms with Crippen molar-refractivity contribution in [3.8, 4) is 0 Å². The Morgan fingerprint density at radius 1 is 0.900 bits per heavy atom. The van der Waals surface area contributed by atoms with Crippen molar-refractivity contribution in [3.05, 3.63) is 54.2 Å². The van der Waals surface area contributed by atoms with E-state index in [0.717, 1.165) is 10.9 Å². The molecule has 40 heavy (non-hydrogen) atoms. The normalized spacial score (nSPS) is 14.1. The van der Waals surface area contributed by atoms with E-state index in [2.05, 4.69) is 30.9 Å². The lowest BCUT2D eigenvalue weighted by Gasteiger charge is -2.25. The average molecular weight is 558 g/mol. The van der Waals surface area contributed by atoms with Gasteiger partial charge in [-0.2, -0.15) is 0 Å². The van der Waals surface area contributed by atoms with Gasteiger partial charge in [0.2, 0.25) is 17.7 Å². The van der Waals surface area contributed by atoms with Gasteiger partial charge in [0.05, 0.1) is 19.0 Å². The Balaban J connectivity index is 1.84. The van der Waals surface area contributed by atoms with Gasteiger partial charge in [-0.3, -0.25) is 19.2 Å². The summed E-state index contributed by atoms with van der Waals surface area (Å²) in [6, 6.07) is 1.87. The maximum atomic E-state index is 13.4. The van der Waals surface area contributed by atoms with E-state index in [4.69, 9.17) is 10.8 Å². The highest BCUT2D eigenvalue weighted by molar-refractivity contribution is 5.95. The van der Waals surface area contributed by atoms with Crippen LogP contribution in [0.5, 0.6) is 0 Å². The number of aliphatic hydroxyl groups excluding tert-OH is 1. The first-order valence-electron chi connectivity index (χ1n) is 12.3. The molecule has 1 aromatic carbocycles. The molecule has 3 rings (SSSR count). The summed E-state index contributed by atoms with van der Waals surface area (Å²) in [7, 11) is 0. The van der Waals surface area contributed by atoms with Crippen LogP contribution < -0.4 is 21.7 Å². The number of aromatic amines is 2. The van der Waals surface area contributed by atoms with Gasteiger partial charge in [-0.05, 0) is 18.1 Å². The first kappa shape index (κ1) is 29.8. The largest absolute Gasteiger partial charge is 0.481 e. The number of nitrogens with one attached hydrogen (secondary N) is 5. The SMILES string of the molecule is N[C@@H](CCC(=O)O)C(=O)N[C@@H](Cc1cnc[nH]1)C(=O)N[C@@H](Cc1c[nH]c2ccccc12)C(=O)N[C@@H](CO)C(=O)O. The molecule has 0 aliphatic carbocycles. The van der Waals surface area contributed by atoms with Gasteiger partial charge in [0.1, 0.15) is 18.1 Å². The zero-order chi connectivity index (χ0) is 29.2. The molecule has 10 N–H and O–H groups in total. The Kier molecular flexibility index (Phi) is 10.3. The number of aliphatic hydroxyl groups is 1. The van der Waals surface area contributed by atoms with Gasteiger partial charge in [0.15, 0.2) is 0 Å². The maximum Gasteiger partial charge on any atom is 0.328 e. The fraction of sp³-hybridized carbons (Fsp3) is 0.360. The summed E-state index contributed by atoms with van der Waals surface area (Å²) in [5, 5.41) is 35.6. The Labute approximate surface area is 227 Å². The van der Waals surface area contributed by atoms with Crippen LogP contribution in [0.1, 0.15) is 24.1 Å². The molecule has 3 amide bonds. The van der Waals surface area contributed by atoms with Crippen molar-refractivity contribution in [2.75, 3.05) is 6.61 Å². The van der Waals surface area contributed by atoms with Gasteiger partial charge in [-0.25, -0.2) is 9.78 Å². The Bertz CT molecular complexity index is 1340. The van der Waals surface area contributed by atoms with Gasteiger partial charge in [0, 0.05) is 48.3 Å². The van der Waals surface area contributed by atoms with Crippen LogP contribution in [0.2, 0.25) is 0 Å². The van der Waals surface area contributed by atoms with Crippen LogP contribution in [-0.2, 0) is 36.8 Å². The Hall–Kier alpha value is -4.76. The maximum absolute atomic E-state index is 13.4. The van der Waals surface area contributed by atoms with Gasteiger partial charge < -0.3 is 47.0 Å².